The highest BCUT2D eigenvalue weighted by Crippen LogP contribution is 2.32. The van der Waals surface area contributed by atoms with Crippen LogP contribution in [0, 0.1) is 0 Å². The number of carbonyl (C=O) groups is 2. The van der Waals surface area contributed by atoms with Gasteiger partial charge in [0.1, 0.15) is 5.75 Å². The minimum absolute atomic E-state index is 0.0612. The third-order valence-corrected chi connectivity index (χ3v) is 4.39. The van der Waals surface area contributed by atoms with Crippen molar-refractivity contribution in [3.63, 3.8) is 0 Å². The Morgan fingerprint density at radius 3 is 2.26 bits per heavy atom. The molecule has 1 amide bonds. The number of amides is 1. The Morgan fingerprint density at radius 2 is 1.63 bits per heavy atom. The van der Waals surface area contributed by atoms with E-state index in [2.05, 4.69) is 5.32 Å². The lowest BCUT2D eigenvalue weighted by atomic mass is 10.1. The predicted molar refractivity (Wildman–Crippen MR) is 95.1 cm³/mol. The Bertz CT molecular complexity index is 951. The van der Waals surface area contributed by atoms with Gasteiger partial charge < -0.3 is 10.1 Å². The summed E-state index contributed by atoms with van der Waals surface area (Å²) in [5, 5.41) is 4.44. The molecule has 138 valence electrons. The molecule has 1 heterocycles. The number of esters is 1. The van der Waals surface area contributed by atoms with Gasteiger partial charge in [-0.1, -0.05) is 18.2 Å². The van der Waals surface area contributed by atoms with Crippen molar-refractivity contribution in [2.75, 3.05) is 5.32 Å². The van der Waals surface area contributed by atoms with Crippen LogP contribution < -0.4 is 10.1 Å². The number of hydrogen-bond donors (Lipinski definition) is 1. The summed E-state index contributed by atoms with van der Waals surface area (Å²) < 4.78 is 44.0. The summed E-state index contributed by atoms with van der Waals surface area (Å²) >= 11 is 1.29. The lowest BCUT2D eigenvalue weighted by Crippen LogP contribution is -2.16. The third-order valence-electron chi connectivity index (χ3n) is 3.52. The van der Waals surface area contributed by atoms with Gasteiger partial charge in [-0.05, 0) is 47.8 Å². The number of hydrogen-bond acceptors (Lipinski definition) is 4. The standard InChI is InChI=1S/C19H12F3NO3S/c20-19(21,22)15-5-2-1-4-14(15)18(25)26-13-9-7-12(8-10-13)23-17(24)16-6-3-11-27-16/h1-11H,(H,23,24). The van der Waals surface area contributed by atoms with Gasteiger partial charge in [-0.2, -0.15) is 13.2 Å². The smallest absolute Gasteiger partial charge is 0.417 e. The average molecular weight is 391 g/mol. The van der Waals surface area contributed by atoms with E-state index in [4.69, 9.17) is 4.74 Å². The first-order valence-corrected chi connectivity index (χ1v) is 8.56. The van der Waals surface area contributed by atoms with Crippen molar-refractivity contribution in [1.82, 2.24) is 0 Å². The third kappa shape index (κ3) is 4.53. The average Bonchev–Trinajstić information content (AvgIpc) is 3.17. The molecule has 0 aliphatic carbocycles. The molecule has 0 spiro atoms. The number of thiophene rings is 1. The predicted octanol–water partition coefficient (Wildman–Crippen LogP) is 5.24. The van der Waals surface area contributed by atoms with Crippen LogP contribution in [0.3, 0.4) is 0 Å². The molecule has 1 aromatic heterocycles. The number of benzene rings is 2. The fourth-order valence-corrected chi connectivity index (χ4v) is 2.90. The van der Waals surface area contributed by atoms with E-state index in [0.29, 0.717) is 10.6 Å². The summed E-state index contributed by atoms with van der Waals surface area (Å²) in [6.07, 6.45) is -4.66. The van der Waals surface area contributed by atoms with Crippen molar-refractivity contribution >= 4 is 28.9 Å². The van der Waals surface area contributed by atoms with Gasteiger partial charge in [0.15, 0.2) is 0 Å². The van der Waals surface area contributed by atoms with Crippen LogP contribution in [0.1, 0.15) is 25.6 Å². The molecule has 0 aliphatic rings. The summed E-state index contributed by atoms with van der Waals surface area (Å²) in [6, 6.07) is 13.6. The van der Waals surface area contributed by atoms with E-state index in [0.717, 1.165) is 12.1 Å². The fraction of sp³-hybridized carbons (Fsp3) is 0.0526. The molecule has 0 saturated carbocycles. The Labute approximate surface area is 156 Å². The summed E-state index contributed by atoms with van der Waals surface area (Å²) in [5.41, 5.74) is -1.17. The molecule has 1 N–H and O–H groups in total. The number of nitrogens with one attached hydrogen (secondary N) is 1. The monoisotopic (exact) mass is 391 g/mol. The maximum atomic E-state index is 13.0. The van der Waals surface area contributed by atoms with Crippen molar-refractivity contribution < 1.29 is 27.5 Å². The van der Waals surface area contributed by atoms with Gasteiger partial charge in [-0.3, -0.25) is 4.79 Å². The number of alkyl halides is 3. The first kappa shape index (κ1) is 18.7. The van der Waals surface area contributed by atoms with E-state index >= 15 is 0 Å². The molecule has 0 saturated heterocycles. The molecule has 0 bridgehead atoms. The number of rotatable bonds is 4. The molecular formula is C19H12F3NO3S. The van der Waals surface area contributed by atoms with Crippen LogP contribution in [0.25, 0.3) is 0 Å². The lowest BCUT2D eigenvalue weighted by molar-refractivity contribution is -0.138. The molecule has 8 heteroatoms. The molecule has 3 rings (SSSR count). The molecule has 2 aromatic carbocycles. The van der Waals surface area contributed by atoms with E-state index in [-0.39, 0.29) is 11.7 Å². The van der Waals surface area contributed by atoms with Crippen LogP contribution in [-0.4, -0.2) is 11.9 Å². The van der Waals surface area contributed by atoms with Gasteiger partial charge in [0.25, 0.3) is 5.91 Å². The highest BCUT2D eigenvalue weighted by atomic mass is 32.1. The molecule has 0 atom stereocenters. The molecule has 0 unspecified atom stereocenters. The zero-order valence-corrected chi connectivity index (χ0v) is 14.4. The largest absolute Gasteiger partial charge is 0.423 e. The maximum absolute atomic E-state index is 13.0. The topological polar surface area (TPSA) is 55.4 Å². The fourth-order valence-electron chi connectivity index (χ4n) is 2.28. The summed E-state index contributed by atoms with van der Waals surface area (Å²) in [5.74, 6) is -1.33. The van der Waals surface area contributed by atoms with Crippen LogP contribution in [0.15, 0.2) is 66.0 Å². The van der Waals surface area contributed by atoms with Gasteiger partial charge in [0, 0.05) is 5.69 Å². The Morgan fingerprint density at radius 1 is 0.926 bits per heavy atom. The van der Waals surface area contributed by atoms with Crippen molar-refractivity contribution in [1.29, 1.82) is 0 Å². The number of ether oxygens (including phenoxy) is 1. The Hall–Kier alpha value is -3.13. The maximum Gasteiger partial charge on any atom is 0.417 e. The molecule has 0 radical (unpaired) electrons. The lowest BCUT2D eigenvalue weighted by Gasteiger charge is -2.12. The zero-order chi connectivity index (χ0) is 19.4. The van der Waals surface area contributed by atoms with Gasteiger partial charge in [0.05, 0.1) is 16.0 Å². The Balaban J connectivity index is 1.70. The van der Waals surface area contributed by atoms with E-state index in [1.165, 1.54) is 47.7 Å². The molecule has 4 nitrogen and oxygen atoms in total. The van der Waals surface area contributed by atoms with E-state index in [9.17, 15) is 22.8 Å². The summed E-state index contributed by atoms with van der Waals surface area (Å²) in [6.45, 7) is 0. The summed E-state index contributed by atoms with van der Waals surface area (Å²) in [4.78, 5) is 24.6. The van der Waals surface area contributed by atoms with E-state index in [1.807, 2.05) is 0 Å². The molecule has 0 aliphatic heterocycles. The molecular weight excluding hydrogens is 379 g/mol. The zero-order valence-electron chi connectivity index (χ0n) is 13.6. The number of carbonyl (C=O) groups excluding carboxylic acids is 2. The normalized spacial score (nSPS) is 11.1. The number of anilines is 1. The highest BCUT2D eigenvalue weighted by molar-refractivity contribution is 7.12. The van der Waals surface area contributed by atoms with Crippen LogP contribution in [0.2, 0.25) is 0 Å². The van der Waals surface area contributed by atoms with Crippen molar-refractivity contribution in [2.24, 2.45) is 0 Å². The van der Waals surface area contributed by atoms with Crippen molar-refractivity contribution in [3.8, 4) is 5.75 Å². The second-order valence-electron chi connectivity index (χ2n) is 5.39. The van der Waals surface area contributed by atoms with E-state index in [1.54, 1.807) is 17.5 Å². The van der Waals surface area contributed by atoms with Crippen molar-refractivity contribution in [3.05, 3.63) is 82.0 Å². The summed E-state index contributed by atoms with van der Waals surface area (Å²) in [7, 11) is 0. The second-order valence-corrected chi connectivity index (χ2v) is 6.34. The molecule has 27 heavy (non-hydrogen) atoms. The van der Waals surface area contributed by atoms with Crippen LogP contribution in [0.4, 0.5) is 18.9 Å². The minimum atomic E-state index is -4.66. The molecule has 0 fully saturated rings. The Kier molecular flexibility index (Phi) is 5.27. The van der Waals surface area contributed by atoms with Crippen molar-refractivity contribution in [2.45, 2.75) is 6.18 Å². The first-order valence-electron chi connectivity index (χ1n) is 7.68. The second kappa shape index (κ2) is 7.63. The van der Waals surface area contributed by atoms with Crippen LogP contribution in [0.5, 0.6) is 5.75 Å². The highest BCUT2D eigenvalue weighted by Gasteiger charge is 2.35. The SMILES string of the molecule is O=C(Nc1ccc(OC(=O)c2ccccc2C(F)(F)F)cc1)c1cccs1. The molecule has 3 aromatic rings. The van der Waals surface area contributed by atoms with Gasteiger partial charge in [-0.25, -0.2) is 4.79 Å². The van der Waals surface area contributed by atoms with Gasteiger partial charge >= 0.3 is 12.1 Å². The van der Waals surface area contributed by atoms with Gasteiger partial charge in [0.2, 0.25) is 0 Å². The van der Waals surface area contributed by atoms with Gasteiger partial charge in [-0.15, -0.1) is 11.3 Å². The van der Waals surface area contributed by atoms with Crippen LogP contribution >= 0.6 is 11.3 Å². The quantitative estimate of drug-likeness (QED) is 0.489. The first-order chi connectivity index (χ1) is 12.8. The van der Waals surface area contributed by atoms with Crippen LogP contribution in [-0.2, 0) is 6.18 Å². The number of halogens is 3. The van der Waals surface area contributed by atoms with E-state index < -0.39 is 23.3 Å². The minimum Gasteiger partial charge on any atom is -0.423 e.